The van der Waals surface area contributed by atoms with E-state index in [1.165, 1.54) is 18.4 Å². The molecule has 7 nitrogen and oxygen atoms in total. The molecule has 5 rings (SSSR count). The van der Waals surface area contributed by atoms with Gasteiger partial charge in [0.1, 0.15) is 11.6 Å². The molecule has 1 unspecified atom stereocenters. The zero-order valence-electron chi connectivity index (χ0n) is 21.3. The predicted octanol–water partition coefficient (Wildman–Crippen LogP) is 4.35. The van der Waals surface area contributed by atoms with Crippen molar-refractivity contribution in [3.63, 3.8) is 0 Å². The highest BCUT2D eigenvalue weighted by Gasteiger charge is 2.29. The highest BCUT2D eigenvalue weighted by Crippen LogP contribution is 2.31. The van der Waals surface area contributed by atoms with Crippen LogP contribution in [0.3, 0.4) is 0 Å². The number of piperazine rings is 1. The van der Waals surface area contributed by atoms with E-state index in [-0.39, 0.29) is 12.6 Å². The Morgan fingerprint density at radius 2 is 1.83 bits per heavy atom. The van der Waals surface area contributed by atoms with Crippen molar-refractivity contribution in [2.24, 2.45) is 0 Å². The van der Waals surface area contributed by atoms with E-state index in [0.717, 1.165) is 66.1 Å². The number of rotatable bonds is 5. The van der Waals surface area contributed by atoms with E-state index < -0.39 is 0 Å². The minimum atomic E-state index is 0.0211. The first-order chi connectivity index (χ1) is 16.9. The van der Waals surface area contributed by atoms with Crippen molar-refractivity contribution in [1.82, 2.24) is 15.0 Å². The third-order valence-corrected chi connectivity index (χ3v) is 7.34. The summed E-state index contributed by atoms with van der Waals surface area (Å²) in [7, 11) is 0. The number of anilines is 3. The molecule has 184 valence electrons. The number of aliphatic hydroxyl groups is 1. The Morgan fingerprint density at radius 3 is 2.51 bits per heavy atom. The Morgan fingerprint density at radius 1 is 0.971 bits per heavy atom. The SMILES string of the molecule is Cc1cccc(-c2cc(N3CCN(c4ncc(CO)cc4C)C[C@H]3C)nc(N3CCCC3C)n2)c1. The molecule has 2 aliphatic heterocycles. The van der Waals surface area contributed by atoms with Crippen LogP contribution in [-0.4, -0.2) is 58.3 Å². The first kappa shape index (κ1) is 23.5. The number of hydrogen-bond donors (Lipinski definition) is 1. The Kier molecular flexibility index (Phi) is 6.60. The Balaban J connectivity index is 1.45. The van der Waals surface area contributed by atoms with Gasteiger partial charge in [0.2, 0.25) is 5.95 Å². The zero-order chi connectivity index (χ0) is 24.5. The molecule has 1 N–H and O–H groups in total. The van der Waals surface area contributed by atoms with Gasteiger partial charge in [0.25, 0.3) is 0 Å². The van der Waals surface area contributed by atoms with E-state index in [1.54, 1.807) is 6.20 Å². The maximum absolute atomic E-state index is 9.43. The summed E-state index contributed by atoms with van der Waals surface area (Å²) in [5.41, 5.74) is 5.31. The van der Waals surface area contributed by atoms with E-state index in [9.17, 15) is 5.11 Å². The van der Waals surface area contributed by atoms with Crippen molar-refractivity contribution in [2.75, 3.05) is 40.9 Å². The molecule has 35 heavy (non-hydrogen) atoms. The summed E-state index contributed by atoms with van der Waals surface area (Å²) in [6.45, 7) is 12.4. The molecule has 0 bridgehead atoms. The molecule has 0 spiro atoms. The molecule has 0 saturated carbocycles. The van der Waals surface area contributed by atoms with Gasteiger partial charge >= 0.3 is 0 Å². The highest BCUT2D eigenvalue weighted by molar-refractivity contribution is 5.66. The molecule has 0 aliphatic carbocycles. The van der Waals surface area contributed by atoms with E-state index in [1.807, 2.05) is 6.07 Å². The van der Waals surface area contributed by atoms with Crippen molar-refractivity contribution >= 4 is 17.6 Å². The summed E-state index contributed by atoms with van der Waals surface area (Å²) in [6, 6.07) is 13.5. The van der Waals surface area contributed by atoms with Gasteiger partial charge in [0.05, 0.1) is 12.3 Å². The molecule has 3 aromatic rings. The van der Waals surface area contributed by atoms with Gasteiger partial charge in [-0.15, -0.1) is 0 Å². The van der Waals surface area contributed by atoms with Gasteiger partial charge in [0.15, 0.2) is 0 Å². The first-order valence-corrected chi connectivity index (χ1v) is 12.7. The van der Waals surface area contributed by atoms with Crippen LogP contribution in [0.4, 0.5) is 17.6 Å². The van der Waals surface area contributed by atoms with Crippen LogP contribution in [0, 0.1) is 13.8 Å². The third kappa shape index (κ3) is 4.82. The van der Waals surface area contributed by atoms with Crippen LogP contribution in [0.25, 0.3) is 11.3 Å². The molecule has 2 fully saturated rings. The lowest BCUT2D eigenvalue weighted by Gasteiger charge is -2.41. The molecule has 2 saturated heterocycles. The molecular formula is C28H36N6O. The number of nitrogens with zero attached hydrogens (tertiary/aromatic N) is 6. The van der Waals surface area contributed by atoms with E-state index >= 15 is 0 Å². The molecule has 2 atom stereocenters. The fourth-order valence-electron chi connectivity index (χ4n) is 5.41. The topological polar surface area (TPSA) is 68.6 Å². The minimum absolute atomic E-state index is 0.0211. The van der Waals surface area contributed by atoms with E-state index in [4.69, 9.17) is 9.97 Å². The van der Waals surface area contributed by atoms with Crippen LogP contribution < -0.4 is 14.7 Å². The number of benzene rings is 1. The maximum Gasteiger partial charge on any atom is 0.228 e. The molecule has 1 aromatic carbocycles. The molecule has 7 heteroatoms. The van der Waals surface area contributed by atoms with Crippen LogP contribution in [0.1, 0.15) is 43.4 Å². The number of hydrogen-bond acceptors (Lipinski definition) is 7. The van der Waals surface area contributed by atoms with Gasteiger partial charge in [-0.1, -0.05) is 23.8 Å². The lowest BCUT2D eigenvalue weighted by atomic mass is 10.1. The minimum Gasteiger partial charge on any atom is -0.392 e. The van der Waals surface area contributed by atoms with Crippen molar-refractivity contribution in [1.29, 1.82) is 0 Å². The monoisotopic (exact) mass is 472 g/mol. The second-order valence-electron chi connectivity index (χ2n) is 10.1. The second-order valence-corrected chi connectivity index (χ2v) is 10.1. The molecule has 0 radical (unpaired) electrons. The molecule has 0 amide bonds. The molecule has 2 aromatic heterocycles. The zero-order valence-corrected chi connectivity index (χ0v) is 21.3. The number of aromatic nitrogens is 3. The maximum atomic E-state index is 9.43. The van der Waals surface area contributed by atoms with Crippen molar-refractivity contribution in [2.45, 2.75) is 59.2 Å². The lowest BCUT2D eigenvalue weighted by Crippen LogP contribution is -2.53. The number of pyridine rings is 1. The third-order valence-electron chi connectivity index (χ3n) is 7.34. The average molecular weight is 473 g/mol. The Hall–Kier alpha value is -3.19. The summed E-state index contributed by atoms with van der Waals surface area (Å²) in [5.74, 6) is 2.84. The quantitative estimate of drug-likeness (QED) is 0.592. The van der Waals surface area contributed by atoms with Crippen molar-refractivity contribution < 1.29 is 5.11 Å². The fraction of sp³-hybridized carbons (Fsp3) is 0.464. The van der Waals surface area contributed by atoms with Gasteiger partial charge in [-0.3, -0.25) is 0 Å². The second kappa shape index (κ2) is 9.82. The summed E-state index contributed by atoms with van der Waals surface area (Å²) in [6.07, 6.45) is 4.15. The van der Waals surface area contributed by atoms with E-state index in [2.05, 4.69) is 77.7 Å². The van der Waals surface area contributed by atoms with Gasteiger partial charge in [-0.05, 0) is 63.8 Å². The predicted molar refractivity (Wildman–Crippen MR) is 142 cm³/mol. The summed E-state index contributed by atoms with van der Waals surface area (Å²) >= 11 is 0. The van der Waals surface area contributed by atoms with Crippen LogP contribution in [0.2, 0.25) is 0 Å². The average Bonchev–Trinajstić information content (AvgIpc) is 3.29. The molecular weight excluding hydrogens is 436 g/mol. The fourth-order valence-corrected chi connectivity index (χ4v) is 5.41. The van der Waals surface area contributed by atoms with Crippen molar-refractivity contribution in [3.8, 4) is 11.3 Å². The Bertz CT molecular complexity index is 1200. The number of aryl methyl sites for hydroxylation is 2. The van der Waals surface area contributed by atoms with Crippen LogP contribution in [-0.2, 0) is 6.61 Å². The summed E-state index contributed by atoms with van der Waals surface area (Å²) in [4.78, 5) is 21.9. The van der Waals surface area contributed by atoms with E-state index in [0.29, 0.717) is 6.04 Å². The molecule has 2 aliphatic rings. The van der Waals surface area contributed by atoms with Crippen molar-refractivity contribution in [3.05, 3.63) is 59.3 Å². The van der Waals surface area contributed by atoms with Crippen LogP contribution in [0.5, 0.6) is 0 Å². The highest BCUT2D eigenvalue weighted by atomic mass is 16.3. The van der Waals surface area contributed by atoms with Gasteiger partial charge in [-0.2, -0.15) is 4.98 Å². The van der Waals surface area contributed by atoms with Gasteiger partial charge in [-0.25, -0.2) is 9.97 Å². The van der Waals surface area contributed by atoms with Crippen LogP contribution in [0.15, 0.2) is 42.6 Å². The van der Waals surface area contributed by atoms with Gasteiger partial charge < -0.3 is 19.8 Å². The van der Waals surface area contributed by atoms with Crippen LogP contribution >= 0.6 is 0 Å². The largest absolute Gasteiger partial charge is 0.392 e. The summed E-state index contributed by atoms with van der Waals surface area (Å²) in [5, 5.41) is 9.43. The molecule has 4 heterocycles. The lowest BCUT2D eigenvalue weighted by molar-refractivity contribution is 0.281. The van der Waals surface area contributed by atoms with Gasteiger partial charge in [0, 0.05) is 56.1 Å². The number of aliphatic hydroxyl groups excluding tert-OH is 1. The summed E-state index contributed by atoms with van der Waals surface area (Å²) < 4.78 is 0. The smallest absolute Gasteiger partial charge is 0.228 e. The normalized spacial score (nSPS) is 20.5. The standard InChI is InChI=1S/C28H36N6O/c1-19-7-5-9-24(13-19)25-15-26(31-28(30-25)34-10-6-8-21(34)3)33-12-11-32(17-22(33)4)27-20(2)14-23(18-35)16-29-27/h5,7,9,13-16,21-22,35H,6,8,10-12,17-18H2,1-4H3/t21?,22-/m1/s1. The Labute approximate surface area is 208 Å². The first-order valence-electron chi connectivity index (χ1n) is 12.7.